The summed E-state index contributed by atoms with van der Waals surface area (Å²) in [4.78, 5) is 63.3. The van der Waals surface area contributed by atoms with Crippen molar-refractivity contribution < 1.29 is 14.4 Å². The number of benzene rings is 1. The summed E-state index contributed by atoms with van der Waals surface area (Å²) in [7, 11) is 2.82. The summed E-state index contributed by atoms with van der Waals surface area (Å²) in [5, 5.41) is 0. The lowest BCUT2D eigenvalue weighted by molar-refractivity contribution is -0.160. The number of aromatic nitrogens is 2. The van der Waals surface area contributed by atoms with Gasteiger partial charge < -0.3 is 4.90 Å². The van der Waals surface area contributed by atoms with Crippen molar-refractivity contribution in [3.05, 3.63) is 75.7 Å². The van der Waals surface area contributed by atoms with Gasteiger partial charge in [0.15, 0.2) is 5.41 Å². The maximum absolute atomic E-state index is 13.9. The van der Waals surface area contributed by atoms with Gasteiger partial charge in [-0.25, -0.2) is 9.78 Å². The van der Waals surface area contributed by atoms with Crippen molar-refractivity contribution in [2.75, 3.05) is 25.5 Å². The fourth-order valence-electron chi connectivity index (χ4n) is 6.53. The Morgan fingerprint density at radius 1 is 0.973 bits per heavy atom. The summed E-state index contributed by atoms with van der Waals surface area (Å²) in [6, 6.07) is 12.7. The number of carbonyl (C=O) groups excluding carboxylic acids is 3. The summed E-state index contributed by atoms with van der Waals surface area (Å²) in [5.74, 6) is -0.305. The minimum Gasteiger partial charge on any atom is -0.352 e. The number of rotatable bonds is 2. The van der Waals surface area contributed by atoms with Crippen molar-refractivity contribution in [2.24, 2.45) is 11.3 Å². The number of anilines is 1. The molecule has 2 atom stereocenters. The number of piperidine rings is 1. The van der Waals surface area contributed by atoms with Gasteiger partial charge in [0.25, 0.3) is 5.56 Å². The molecule has 190 valence electrons. The number of carbonyl (C=O) groups is 3. The van der Waals surface area contributed by atoms with Crippen LogP contribution in [0.2, 0.25) is 0 Å². The fourth-order valence-corrected chi connectivity index (χ4v) is 6.53. The molecule has 0 radical (unpaired) electrons. The number of hydrogen-bond acceptors (Lipinski definition) is 6. The fraction of sp³-hybridized carbons (Fsp3) is 0.393. The van der Waals surface area contributed by atoms with Crippen LogP contribution in [-0.4, -0.2) is 63.7 Å². The van der Waals surface area contributed by atoms with Crippen LogP contribution < -0.4 is 10.5 Å². The summed E-state index contributed by atoms with van der Waals surface area (Å²) in [5.41, 5.74) is 1.13. The molecule has 2 fully saturated rings. The number of amides is 4. The Kier molecular flexibility index (Phi) is 5.22. The third-order valence-corrected chi connectivity index (χ3v) is 8.44. The first-order valence-electron chi connectivity index (χ1n) is 12.7. The van der Waals surface area contributed by atoms with Crippen LogP contribution in [0.5, 0.6) is 0 Å². The first-order valence-corrected chi connectivity index (χ1v) is 12.7. The Morgan fingerprint density at radius 3 is 2.38 bits per heavy atom. The van der Waals surface area contributed by atoms with Gasteiger partial charge in [-0.3, -0.25) is 28.6 Å². The standard InChI is InChI=1S/C28H29N5O4/c1-17-8-7-12-33-22(17)29-23-20(24(33)34)16-28(25(35)30(2)27(37)31(3)26(28)36)21-15-19(11-13-32(21)23)14-18-9-5-4-6-10-18/h4-10,12,19,21H,11,13-16H2,1-3H3/t19-,21+/m0/s1. The van der Waals surface area contributed by atoms with E-state index in [0.29, 0.717) is 30.0 Å². The third kappa shape index (κ3) is 3.26. The van der Waals surface area contributed by atoms with Crippen molar-refractivity contribution in [2.45, 2.75) is 38.6 Å². The van der Waals surface area contributed by atoms with E-state index in [1.807, 2.05) is 36.1 Å². The highest BCUT2D eigenvalue weighted by molar-refractivity contribution is 6.20. The maximum atomic E-state index is 13.9. The van der Waals surface area contributed by atoms with E-state index < -0.39 is 29.3 Å². The highest BCUT2D eigenvalue weighted by Gasteiger charge is 2.64. The van der Waals surface area contributed by atoms with Crippen LogP contribution in [0.15, 0.2) is 53.5 Å². The van der Waals surface area contributed by atoms with E-state index in [4.69, 9.17) is 4.98 Å². The van der Waals surface area contributed by atoms with Gasteiger partial charge in [0.2, 0.25) is 11.8 Å². The number of pyridine rings is 1. The average Bonchev–Trinajstić information content (AvgIpc) is 2.91. The Morgan fingerprint density at radius 2 is 1.68 bits per heavy atom. The van der Waals surface area contributed by atoms with Crippen molar-refractivity contribution in [1.29, 1.82) is 0 Å². The van der Waals surface area contributed by atoms with Crippen LogP contribution in [0.25, 0.3) is 5.65 Å². The van der Waals surface area contributed by atoms with Gasteiger partial charge in [-0.15, -0.1) is 0 Å². The van der Waals surface area contributed by atoms with E-state index in [-0.39, 0.29) is 17.9 Å². The number of hydrogen-bond donors (Lipinski definition) is 0. The molecule has 0 aliphatic carbocycles. The van der Waals surface area contributed by atoms with Crippen molar-refractivity contribution >= 4 is 29.3 Å². The van der Waals surface area contributed by atoms with Crippen molar-refractivity contribution in [3.8, 4) is 0 Å². The zero-order valence-electron chi connectivity index (χ0n) is 21.2. The van der Waals surface area contributed by atoms with E-state index in [9.17, 15) is 19.2 Å². The number of nitrogens with zero attached hydrogens (tertiary/aromatic N) is 5. The summed E-state index contributed by atoms with van der Waals surface area (Å²) >= 11 is 0. The van der Waals surface area contributed by atoms with Crippen LogP contribution in [-0.2, 0) is 22.4 Å². The summed E-state index contributed by atoms with van der Waals surface area (Å²) < 4.78 is 1.49. The predicted octanol–water partition coefficient (Wildman–Crippen LogP) is 2.42. The topological polar surface area (TPSA) is 95.3 Å². The highest BCUT2D eigenvalue weighted by Crippen LogP contribution is 2.48. The van der Waals surface area contributed by atoms with Crippen LogP contribution in [0.1, 0.15) is 29.5 Å². The summed E-state index contributed by atoms with van der Waals surface area (Å²) in [6.45, 7) is 2.47. The van der Waals surface area contributed by atoms with Crippen LogP contribution in [0, 0.1) is 18.3 Å². The Hall–Kier alpha value is -4.01. The molecule has 2 aromatic heterocycles. The molecular formula is C28H29N5O4. The van der Waals surface area contributed by atoms with Gasteiger partial charge in [0, 0.05) is 33.3 Å². The van der Waals surface area contributed by atoms with Gasteiger partial charge in [0.05, 0.1) is 11.6 Å². The first kappa shape index (κ1) is 23.4. The minimum absolute atomic E-state index is 0.0795. The number of fused-ring (bicyclic) bond motifs is 5. The number of urea groups is 1. The van der Waals surface area contributed by atoms with Gasteiger partial charge in [-0.05, 0) is 49.3 Å². The summed E-state index contributed by atoms with van der Waals surface area (Å²) in [6.07, 6.45) is 3.83. The molecule has 0 N–H and O–H groups in total. The van der Waals surface area contributed by atoms with Crippen LogP contribution in [0.3, 0.4) is 0 Å². The molecule has 1 aromatic carbocycles. The normalized spacial score (nSPS) is 23.0. The molecule has 2 saturated heterocycles. The second-order valence-corrected chi connectivity index (χ2v) is 10.6. The Labute approximate surface area is 214 Å². The second kappa shape index (κ2) is 8.26. The molecule has 9 nitrogen and oxygen atoms in total. The highest BCUT2D eigenvalue weighted by atomic mass is 16.2. The van der Waals surface area contributed by atoms with Gasteiger partial charge >= 0.3 is 6.03 Å². The second-order valence-electron chi connectivity index (χ2n) is 10.6. The van der Waals surface area contributed by atoms with Gasteiger partial charge in [0.1, 0.15) is 11.5 Å². The predicted molar refractivity (Wildman–Crippen MR) is 137 cm³/mol. The molecule has 0 bridgehead atoms. The lowest BCUT2D eigenvalue weighted by atomic mass is 9.64. The zero-order valence-corrected chi connectivity index (χ0v) is 21.2. The lowest BCUT2D eigenvalue weighted by Gasteiger charge is -2.55. The van der Waals surface area contributed by atoms with Crippen molar-refractivity contribution in [1.82, 2.24) is 19.2 Å². The minimum atomic E-state index is -1.57. The molecule has 6 rings (SSSR count). The SMILES string of the molecule is Cc1cccn2c(=O)c3c(nc12)N1CC[C@@H](Cc2ccccc2)C[C@@H]1C1(C3)C(=O)N(C)C(=O)N(C)C1=O. The molecule has 0 saturated carbocycles. The largest absolute Gasteiger partial charge is 0.352 e. The van der Waals surface area contributed by atoms with Crippen LogP contribution in [0.4, 0.5) is 10.6 Å². The third-order valence-electron chi connectivity index (χ3n) is 8.44. The molecule has 3 aliphatic heterocycles. The van der Waals surface area contributed by atoms with Crippen LogP contribution >= 0.6 is 0 Å². The molecule has 9 heteroatoms. The van der Waals surface area contributed by atoms with E-state index in [1.165, 1.54) is 24.1 Å². The van der Waals surface area contributed by atoms with Crippen molar-refractivity contribution in [3.63, 3.8) is 0 Å². The first-order chi connectivity index (χ1) is 17.7. The van der Waals surface area contributed by atoms with Gasteiger partial charge in [-0.2, -0.15) is 0 Å². The molecule has 0 unspecified atom stereocenters. The lowest BCUT2D eigenvalue weighted by Crippen LogP contribution is -2.73. The van der Waals surface area contributed by atoms with E-state index in [2.05, 4.69) is 12.1 Å². The number of imide groups is 2. The van der Waals surface area contributed by atoms with E-state index >= 15 is 0 Å². The zero-order chi connectivity index (χ0) is 26.1. The Bertz CT molecular complexity index is 1490. The smallest absolute Gasteiger partial charge is 0.332 e. The monoisotopic (exact) mass is 499 g/mol. The van der Waals surface area contributed by atoms with E-state index in [0.717, 1.165) is 28.2 Å². The molecule has 4 amide bonds. The molecular weight excluding hydrogens is 470 g/mol. The molecule has 1 spiro atoms. The molecule has 3 aliphatic rings. The number of barbiturate groups is 1. The van der Waals surface area contributed by atoms with E-state index in [1.54, 1.807) is 12.3 Å². The Balaban J connectivity index is 1.53. The average molecular weight is 500 g/mol. The molecule has 37 heavy (non-hydrogen) atoms. The molecule has 5 heterocycles. The molecule has 3 aromatic rings. The number of aryl methyl sites for hydroxylation is 1. The maximum Gasteiger partial charge on any atom is 0.332 e. The van der Waals surface area contributed by atoms with Gasteiger partial charge in [-0.1, -0.05) is 36.4 Å². The quantitative estimate of drug-likeness (QED) is 0.503.